The Morgan fingerprint density at radius 1 is 1.75 bits per heavy atom. The highest BCUT2D eigenvalue weighted by Crippen LogP contribution is 1.99. The molecular formula is C6H8BrF. The van der Waals surface area contributed by atoms with E-state index in [2.05, 4.69) is 27.8 Å². The molecule has 0 spiro atoms. The van der Waals surface area contributed by atoms with E-state index in [4.69, 9.17) is 0 Å². The van der Waals surface area contributed by atoms with Crippen LogP contribution < -0.4 is 0 Å². The van der Waals surface area contributed by atoms with E-state index < -0.39 is 6.17 Å². The number of halogens is 2. The van der Waals surface area contributed by atoms with Gasteiger partial charge in [0, 0.05) is 11.8 Å². The zero-order chi connectivity index (χ0) is 6.41. The summed E-state index contributed by atoms with van der Waals surface area (Å²) >= 11 is 3.00. The molecule has 0 N–H and O–H groups in total. The van der Waals surface area contributed by atoms with Crippen molar-refractivity contribution in [1.82, 2.24) is 0 Å². The van der Waals surface area contributed by atoms with Crippen LogP contribution in [0.4, 0.5) is 4.39 Å². The second-order valence-corrected chi connectivity index (χ2v) is 2.03. The second-order valence-electron chi connectivity index (χ2n) is 1.38. The van der Waals surface area contributed by atoms with Crippen LogP contribution in [0.5, 0.6) is 0 Å². The molecule has 0 bridgehead atoms. The Morgan fingerprint density at radius 2 is 2.38 bits per heavy atom. The number of alkyl halides is 2. The molecule has 0 unspecified atom stereocenters. The van der Waals surface area contributed by atoms with Gasteiger partial charge in [0.1, 0.15) is 6.17 Å². The largest absolute Gasteiger partial charge is 0.246 e. The molecule has 0 rings (SSSR count). The third-order valence-electron chi connectivity index (χ3n) is 0.668. The molecule has 0 radical (unpaired) electrons. The van der Waals surface area contributed by atoms with E-state index in [0.717, 1.165) is 0 Å². The van der Waals surface area contributed by atoms with Crippen LogP contribution in [-0.2, 0) is 0 Å². The molecule has 0 amide bonds. The summed E-state index contributed by atoms with van der Waals surface area (Å²) in [5.74, 6) is 5.27. The average Bonchev–Trinajstić information content (AvgIpc) is 1.83. The van der Waals surface area contributed by atoms with E-state index in [1.54, 1.807) is 6.92 Å². The first-order valence-electron chi connectivity index (χ1n) is 2.41. The molecule has 0 aliphatic carbocycles. The fourth-order valence-electron chi connectivity index (χ4n) is 0.267. The summed E-state index contributed by atoms with van der Waals surface area (Å²) in [5, 5.41) is 0.391. The Labute approximate surface area is 57.6 Å². The van der Waals surface area contributed by atoms with Crippen molar-refractivity contribution in [2.75, 3.05) is 5.33 Å². The Bertz CT molecular complexity index is 101. The number of hydrogen-bond acceptors (Lipinski definition) is 0. The second kappa shape index (κ2) is 5.11. The number of hydrogen-bond donors (Lipinski definition) is 0. The lowest BCUT2D eigenvalue weighted by Gasteiger charge is -1.93. The topological polar surface area (TPSA) is 0 Å². The predicted molar refractivity (Wildman–Crippen MR) is 36.8 cm³/mol. The highest BCUT2D eigenvalue weighted by molar-refractivity contribution is 9.09. The first-order chi connectivity index (χ1) is 3.81. The van der Waals surface area contributed by atoms with Gasteiger partial charge in [-0.2, -0.15) is 0 Å². The summed E-state index contributed by atoms with van der Waals surface area (Å²) < 4.78 is 12.2. The van der Waals surface area contributed by atoms with Gasteiger partial charge >= 0.3 is 0 Å². The molecule has 0 aromatic carbocycles. The minimum atomic E-state index is -0.803. The van der Waals surface area contributed by atoms with E-state index in [1.165, 1.54) is 0 Å². The minimum Gasteiger partial charge on any atom is -0.246 e. The van der Waals surface area contributed by atoms with Crippen LogP contribution in [0.15, 0.2) is 0 Å². The fourth-order valence-corrected chi connectivity index (χ4v) is 0.496. The lowest BCUT2D eigenvalue weighted by Crippen LogP contribution is -1.97. The minimum absolute atomic E-state index is 0.349. The molecule has 0 aliphatic rings. The van der Waals surface area contributed by atoms with Gasteiger partial charge in [0.15, 0.2) is 0 Å². The molecule has 8 heavy (non-hydrogen) atoms. The molecule has 0 fully saturated rings. The standard InChI is InChI=1S/C6H8BrF/c1-2-3-4-6(8)5-7/h6H,4-5H2,1H3/t6-/m0/s1. The van der Waals surface area contributed by atoms with Crippen LogP contribution in [0.25, 0.3) is 0 Å². The van der Waals surface area contributed by atoms with E-state index in [1.807, 2.05) is 0 Å². The molecule has 0 aromatic rings. The Balaban J connectivity index is 3.19. The summed E-state index contributed by atoms with van der Waals surface area (Å²) in [7, 11) is 0. The Morgan fingerprint density at radius 3 is 2.75 bits per heavy atom. The highest BCUT2D eigenvalue weighted by atomic mass is 79.9. The molecule has 0 aliphatic heterocycles. The summed E-state index contributed by atoms with van der Waals surface area (Å²) in [4.78, 5) is 0. The molecule has 1 atom stereocenters. The van der Waals surface area contributed by atoms with Gasteiger partial charge in [0.2, 0.25) is 0 Å². The van der Waals surface area contributed by atoms with Gasteiger partial charge in [-0.25, -0.2) is 4.39 Å². The van der Waals surface area contributed by atoms with Gasteiger partial charge in [-0.15, -0.1) is 11.8 Å². The summed E-state index contributed by atoms with van der Waals surface area (Å²) in [5.41, 5.74) is 0. The molecule has 0 nitrogen and oxygen atoms in total. The van der Waals surface area contributed by atoms with E-state index in [9.17, 15) is 4.39 Å². The van der Waals surface area contributed by atoms with Crippen molar-refractivity contribution < 1.29 is 4.39 Å². The zero-order valence-electron chi connectivity index (χ0n) is 4.75. The van der Waals surface area contributed by atoms with Crippen LogP contribution in [0.3, 0.4) is 0 Å². The van der Waals surface area contributed by atoms with E-state index >= 15 is 0 Å². The average molecular weight is 179 g/mol. The molecule has 0 saturated heterocycles. The first kappa shape index (κ1) is 7.97. The lowest BCUT2D eigenvalue weighted by molar-refractivity contribution is 0.377. The van der Waals surface area contributed by atoms with Crippen LogP contribution in [-0.4, -0.2) is 11.5 Å². The normalized spacial score (nSPS) is 11.9. The lowest BCUT2D eigenvalue weighted by atomic mass is 10.3. The van der Waals surface area contributed by atoms with Gasteiger partial charge in [-0.1, -0.05) is 15.9 Å². The summed E-state index contributed by atoms with van der Waals surface area (Å²) in [6.45, 7) is 1.71. The van der Waals surface area contributed by atoms with E-state index in [-0.39, 0.29) is 0 Å². The maximum atomic E-state index is 12.2. The molecule has 0 saturated carbocycles. The Kier molecular flexibility index (Phi) is 5.09. The third kappa shape index (κ3) is 4.14. The predicted octanol–water partition coefficient (Wildman–Crippen LogP) is 2.13. The van der Waals surface area contributed by atoms with Crippen molar-refractivity contribution in [2.24, 2.45) is 0 Å². The third-order valence-corrected chi connectivity index (χ3v) is 1.37. The summed E-state index contributed by atoms with van der Waals surface area (Å²) in [6, 6.07) is 0. The van der Waals surface area contributed by atoms with Crippen molar-refractivity contribution in [1.29, 1.82) is 0 Å². The Hall–Kier alpha value is -0.0300. The van der Waals surface area contributed by atoms with Crippen LogP contribution >= 0.6 is 15.9 Å². The first-order valence-corrected chi connectivity index (χ1v) is 3.53. The molecular weight excluding hydrogens is 171 g/mol. The monoisotopic (exact) mass is 178 g/mol. The number of rotatable bonds is 2. The molecule has 0 heterocycles. The molecule has 46 valence electrons. The summed E-state index contributed by atoms with van der Waals surface area (Å²) in [6.07, 6.45) is -0.454. The maximum absolute atomic E-state index is 12.2. The highest BCUT2D eigenvalue weighted by Gasteiger charge is 1.98. The maximum Gasteiger partial charge on any atom is 0.121 e. The van der Waals surface area contributed by atoms with Crippen LogP contribution in [0, 0.1) is 11.8 Å². The zero-order valence-corrected chi connectivity index (χ0v) is 6.33. The van der Waals surface area contributed by atoms with Crippen molar-refractivity contribution in [2.45, 2.75) is 19.5 Å². The van der Waals surface area contributed by atoms with Gasteiger partial charge in [0.25, 0.3) is 0 Å². The van der Waals surface area contributed by atoms with Gasteiger partial charge in [-0.05, 0) is 6.92 Å². The van der Waals surface area contributed by atoms with E-state index in [0.29, 0.717) is 11.8 Å². The van der Waals surface area contributed by atoms with Crippen LogP contribution in [0.1, 0.15) is 13.3 Å². The van der Waals surface area contributed by atoms with Crippen molar-refractivity contribution >= 4 is 15.9 Å². The molecule has 0 aromatic heterocycles. The van der Waals surface area contributed by atoms with Gasteiger partial charge in [-0.3, -0.25) is 0 Å². The van der Waals surface area contributed by atoms with Crippen LogP contribution in [0.2, 0.25) is 0 Å². The van der Waals surface area contributed by atoms with Gasteiger partial charge < -0.3 is 0 Å². The molecule has 2 heteroatoms. The van der Waals surface area contributed by atoms with Crippen molar-refractivity contribution in [3.63, 3.8) is 0 Å². The SMILES string of the molecule is CC#CC[C@H](F)CBr. The van der Waals surface area contributed by atoms with Gasteiger partial charge in [0.05, 0.1) is 0 Å². The van der Waals surface area contributed by atoms with Crippen molar-refractivity contribution in [3.05, 3.63) is 0 Å². The smallest absolute Gasteiger partial charge is 0.121 e. The fraction of sp³-hybridized carbons (Fsp3) is 0.667. The van der Waals surface area contributed by atoms with Crippen molar-refractivity contribution in [3.8, 4) is 11.8 Å². The quantitative estimate of drug-likeness (QED) is 0.450.